The summed E-state index contributed by atoms with van der Waals surface area (Å²) in [6, 6.07) is 12.2. The van der Waals surface area contributed by atoms with E-state index in [0.29, 0.717) is 16.8 Å². The predicted molar refractivity (Wildman–Crippen MR) is 130 cm³/mol. The van der Waals surface area contributed by atoms with E-state index in [1.54, 1.807) is 49.4 Å². The highest BCUT2D eigenvalue weighted by Crippen LogP contribution is 2.17. The summed E-state index contributed by atoms with van der Waals surface area (Å²) in [6.07, 6.45) is 5.91. The van der Waals surface area contributed by atoms with Crippen molar-refractivity contribution in [3.8, 4) is 11.8 Å². The fourth-order valence-corrected chi connectivity index (χ4v) is 3.30. The van der Waals surface area contributed by atoms with Gasteiger partial charge in [-0.15, -0.1) is 10.1 Å². The Bertz CT molecular complexity index is 1330. The second kappa shape index (κ2) is 10.2. The second-order valence-electron chi connectivity index (χ2n) is 7.60. The van der Waals surface area contributed by atoms with Crippen LogP contribution in [0.2, 0.25) is 0 Å². The van der Waals surface area contributed by atoms with Crippen LogP contribution in [0, 0.1) is 24.6 Å². The first kappa shape index (κ1) is 23.8. The van der Waals surface area contributed by atoms with Crippen molar-refractivity contribution < 1.29 is 18.5 Å². The van der Waals surface area contributed by atoms with Gasteiger partial charge in [0.25, 0.3) is 5.91 Å². The molecule has 0 aliphatic rings. The van der Waals surface area contributed by atoms with E-state index >= 15 is 0 Å². The number of carbonyl (C=O) groups excluding carboxylic acids is 2. The van der Waals surface area contributed by atoms with Gasteiger partial charge in [0.15, 0.2) is 0 Å². The van der Waals surface area contributed by atoms with E-state index in [0.717, 1.165) is 5.56 Å². The number of carbonyl (C=O) groups is 2. The molecule has 170 valence electrons. The number of rotatable bonds is 3. The van der Waals surface area contributed by atoms with Crippen molar-refractivity contribution in [1.29, 1.82) is 0 Å². The molecule has 0 fully saturated rings. The van der Waals surface area contributed by atoms with Crippen molar-refractivity contribution in [3.63, 3.8) is 0 Å². The quantitative estimate of drug-likeness (QED) is 0.337. The van der Waals surface area contributed by atoms with Gasteiger partial charge in [-0.2, -0.15) is 4.36 Å². The maximum atomic E-state index is 13.8. The zero-order valence-corrected chi connectivity index (χ0v) is 19.2. The monoisotopic (exact) mass is 466 g/mol. The number of halogens is 1. The highest BCUT2D eigenvalue weighted by molar-refractivity contribution is 7.98. The maximum absolute atomic E-state index is 13.8. The Kier molecular flexibility index (Phi) is 7.33. The van der Waals surface area contributed by atoms with Gasteiger partial charge in [-0.3, -0.25) is 9.78 Å². The minimum Gasteiger partial charge on any atom is -0.345 e. The van der Waals surface area contributed by atoms with Gasteiger partial charge < -0.3 is 15.2 Å². The molecule has 1 heterocycles. The largest absolute Gasteiger partial charge is 0.345 e. The van der Waals surface area contributed by atoms with Crippen LogP contribution in [0.3, 0.4) is 0 Å². The molecule has 0 saturated heterocycles. The van der Waals surface area contributed by atoms with Gasteiger partial charge in [0.2, 0.25) is 0 Å². The Balaban J connectivity index is 1.73. The molecule has 33 heavy (non-hydrogen) atoms. The SMILES string of the molecule is Cc1ccc(F)c(NC(=O)Nc2cccc(C#Cc3cncc(C(=O)N=[SH](C)(C)O)c3)c2)c1. The molecule has 3 rings (SSSR count). The number of hydrogen-bond acceptors (Lipinski definition) is 3. The minimum atomic E-state index is -2.61. The number of nitrogens with zero attached hydrogens (tertiary/aromatic N) is 2. The Morgan fingerprint density at radius 1 is 1.03 bits per heavy atom. The highest BCUT2D eigenvalue weighted by atomic mass is 32.3. The molecule has 1 aromatic heterocycles. The molecule has 3 aromatic rings. The number of thiol groups is 1. The van der Waals surface area contributed by atoms with Gasteiger partial charge in [-0.05, 0) is 61.4 Å². The van der Waals surface area contributed by atoms with Crippen molar-refractivity contribution in [2.24, 2.45) is 4.36 Å². The summed E-state index contributed by atoms with van der Waals surface area (Å²) in [5.41, 5.74) is 2.72. The zero-order chi connectivity index (χ0) is 24.0. The molecular weight excluding hydrogens is 443 g/mol. The van der Waals surface area contributed by atoms with E-state index in [2.05, 4.69) is 31.8 Å². The lowest BCUT2D eigenvalue weighted by molar-refractivity contribution is 0.100. The van der Waals surface area contributed by atoms with Crippen LogP contribution in [-0.2, 0) is 10.1 Å². The molecule has 3 amide bonds. The van der Waals surface area contributed by atoms with Gasteiger partial charge in [0.05, 0.1) is 11.3 Å². The summed E-state index contributed by atoms with van der Waals surface area (Å²) in [4.78, 5) is 28.4. The topological polar surface area (TPSA) is 104 Å². The molecule has 7 nitrogen and oxygen atoms in total. The summed E-state index contributed by atoms with van der Waals surface area (Å²) in [6.45, 7) is 1.80. The first-order valence-corrected chi connectivity index (χ1v) is 12.4. The van der Waals surface area contributed by atoms with E-state index < -0.39 is 27.9 Å². The summed E-state index contributed by atoms with van der Waals surface area (Å²) in [7, 11) is -2.61. The minimum absolute atomic E-state index is 0.0869. The molecule has 0 atom stereocenters. The molecule has 0 aliphatic heterocycles. The van der Waals surface area contributed by atoms with Crippen molar-refractivity contribution in [2.45, 2.75) is 6.92 Å². The normalized spacial score (nSPS) is 11.1. The number of aromatic nitrogens is 1. The number of pyridine rings is 1. The number of amides is 3. The lowest BCUT2D eigenvalue weighted by Crippen LogP contribution is -2.20. The lowest BCUT2D eigenvalue weighted by atomic mass is 10.1. The van der Waals surface area contributed by atoms with Crippen LogP contribution in [0.4, 0.5) is 20.6 Å². The maximum Gasteiger partial charge on any atom is 0.323 e. The average Bonchev–Trinajstić information content (AvgIpc) is 2.74. The molecule has 0 bridgehead atoms. The summed E-state index contributed by atoms with van der Waals surface area (Å²) in [5.74, 6) is 4.79. The number of aryl methyl sites for hydroxylation is 1. The molecular formula is C24H23FN4O3S. The fourth-order valence-electron chi connectivity index (χ4n) is 2.74. The second-order valence-corrected chi connectivity index (χ2v) is 10.5. The third-order valence-corrected chi connectivity index (χ3v) is 4.83. The van der Waals surface area contributed by atoms with Gasteiger partial charge in [0.1, 0.15) is 5.82 Å². The highest BCUT2D eigenvalue weighted by Gasteiger charge is 2.08. The Hall–Kier alpha value is -3.87. The molecule has 0 saturated carbocycles. The van der Waals surface area contributed by atoms with Crippen LogP contribution < -0.4 is 10.6 Å². The molecule has 0 radical (unpaired) electrons. The first-order chi connectivity index (χ1) is 15.6. The first-order valence-electron chi connectivity index (χ1n) is 9.85. The standard InChI is InChI=1S/C24H23FN4O3S/c1-16-7-10-21(25)22(11-16)28-24(31)27-20-6-4-5-17(13-20)8-9-18-12-19(15-26-14-18)23(30)29-33(2,3)32/h4-7,10-15,33H,1-3H3,(H2,27,28,31)(H,29,30,32). The van der Waals surface area contributed by atoms with Gasteiger partial charge >= 0.3 is 6.03 Å². The summed E-state index contributed by atoms with van der Waals surface area (Å²) in [5, 5.41) is 5.13. The van der Waals surface area contributed by atoms with Crippen LogP contribution in [0.1, 0.15) is 27.0 Å². The van der Waals surface area contributed by atoms with E-state index in [1.807, 2.05) is 0 Å². The predicted octanol–water partition coefficient (Wildman–Crippen LogP) is 4.52. The van der Waals surface area contributed by atoms with Crippen molar-refractivity contribution in [1.82, 2.24) is 4.98 Å². The van der Waals surface area contributed by atoms with E-state index in [4.69, 9.17) is 0 Å². The third-order valence-electron chi connectivity index (χ3n) is 4.16. The summed E-state index contributed by atoms with van der Waals surface area (Å²) < 4.78 is 27.4. The number of anilines is 2. The van der Waals surface area contributed by atoms with E-state index in [9.17, 15) is 18.5 Å². The zero-order valence-electron chi connectivity index (χ0n) is 18.3. The van der Waals surface area contributed by atoms with Gasteiger partial charge in [-0.1, -0.05) is 24.0 Å². The Labute approximate surface area is 192 Å². The van der Waals surface area contributed by atoms with Crippen molar-refractivity contribution in [3.05, 3.63) is 89.0 Å². The van der Waals surface area contributed by atoms with Crippen LogP contribution >= 0.6 is 0 Å². The lowest BCUT2D eigenvalue weighted by Gasteiger charge is -2.09. The number of hydrogen-bond donors (Lipinski definition) is 4. The number of urea groups is 1. The molecule has 0 aliphatic carbocycles. The Morgan fingerprint density at radius 3 is 2.55 bits per heavy atom. The molecule has 9 heteroatoms. The summed E-state index contributed by atoms with van der Waals surface area (Å²) >= 11 is 0. The van der Waals surface area contributed by atoms with Crippen molar-refractivity contribution >= 4 is 33.4 Å². The third kappa shape index (κ3) is 7.35. The van der Waals surface area contributed by atoms with Crippen LogP contribution in [0.5, 0.6) is 0 Å². The molecule has 0 unspecified atom stereocenters. The van der Waals surface area contributed by atoms with Crippen LogP contribution in [0.15, 0.2) is 65.3 Å². The van der Waals surface area contributed by atoms with Gasteiger partial charge in [-0.25, -0.2) is 9.18 Å². The van der Waals surface area contributed by atoms with Crippen molar-refractivity contribution in [2.75, 3.05) is 23.1 Å². The number of nitrogens with one attached hydrogen (secondary N) is 2. The molecule has 0 spiro atoms. The smallest absolute Gasteiger partial charge is 0.323 e. The Morgan fingerprint density at radius 2 is 1.79 bits per heavy atom. The van der Waals surface area contributed by atoms with Crippen LogP contribution in [0.25, 0.3) is 0 Å². The fraction of sp³-hybridized carbons (Fsp3) is 0.125. The number of benzene rings is 2. The average molecular weight is 467 g/mol. The van der Waals surface area contributed by atoms with E-state index in [-0.39, 0.29) is 11.3 Å². The van der Waals surface area contributed by atoms with Gasteiger partial charge in [0, 0.05) is 29.2 Å². The van der Waals surface area contributed by atoms with E-state index in [1.165, 1.54) is 31.0 Å². The molecule has 3 N–H and O–H groups in total. The molecule has 2 aromatic carbocycles. The van der Waals surface area contributed by atoms with Crippen LogP contribution in [-0.4, -0.2) is 34.0 Å².